The summed E-state index contributed by atoms with van der Waals surface area (Å²) in [5.74, 6) is -9.43. The third-order valence-electron chi connectivity index (χ3n) is 8.86. The van der Waals surface area contributed by atoms with Crippen molar-refractivity contribution in [3.05, 3.63) is 0 Å². The van der Waals surface area contributed by atoms with Gasteiger partial charge in [-0.3, -0.25) is 28.8 Å². The van der Waals surface area contributed by atoms with Crippen LogP contribution in [0.2, 0.25) is 0 Å². The fourth-order valence-corrected chi connectivity index (χ4v) is 8.15. The van der Waals surface area contributed by atoms with Crippen molar-refractivity contribution in [3.63, 3.8) is 0 Å². The highest BCUT2D eigenvalue weighted by molar-refractivity contribution is 8.76. The molecule has 80 heavy (non-hydrogen) atoms. The van der Waals surface area contributed by atoms with Crippen LogP contribution in [0.3, 0.4) is 0 Å². The Bertz CT molecular complexity index is 2020. The van der Waals surface area contributed by atoms with Gasteiger partial charge in [0.15, 0.2) is 0 Å². The highest BCUT2D eigenvalue weighted by Crippen LogP contribution is 2.25. The first-order valence-electron chi connectivity index (χ1n) is 25.7. The SMILES string of the molecule is CC(=O)OC[C@H](NC(=O)CC[C@H](NC(=O)OC(C)(C)C)C(=O)OC(C)(C)C)C(=O)N[C@@H](CSSC[C@H](NC(=O)[C@H](COC(C)=O)NC(=O)CC[C@H](NC(=O)OC(C)(C)C)C(=O)OC(C)(C)C)C(=O)OC(C)(C)C)C(=O)OC(C)(C)C. The lowest BCUT2D eigenvalue weighted by Gasteiger charge is -2.27. The Kier molecular flexibility index (Phi) is 29.9. The van der Waals surface area contributed by atoms with Crippen LogP contribution in [0.1, 0.15) is 164 Å². The Balaban J connectivity index is 6.58. The molecule has 26 nitrogen and oxygen atoms in total. The molecule has 0 aromatic rings. The number of hydrogen-bond acceptors (Lipinski definition) is 22. The van der Waals surface area contributed by atoms with Crippen molar-refractivity contribution in [2.75, 3.05) is 24.7 Å². The molecule has 0 saturated heterocycles. The summed E-state index contributed by atoms with van der Waals surface area (Å²) in [5.41, 5.74) is -5.94. The van der Waals surface area contributed by atoms with E-state index in [1.165, 1.54) is 0 Å². The van der Waals surface area contributed by atoms with Crippen LogP contribution in [0.15, 0.2) is 0 Å². The van der Waals surface area contributed by atoms with Crippen molar-refractivity contribution in [3.8, 4) is 0 Å². The average Bonchev–Trinajstić information content (AvgIpc) is 3.23. The molecule has 0 aliphatic carbocycles. The van der Waals surface area contributed by atoms with Crippen molar-refractivity contribution in [1.82, 2.24) is 31.9 Å². The number of amides is 6. The van der Waals surface area contributed by atoms with Crippen LogP contribution in [-0.2, 0) is 85.8 Å². The molecule has 0 spiro atoms. The summed E-state index contributed by atoms with van der Waals surface area (Å²) in [4.78, 5) is 157. The molecule has 6 amide bonds. The lowest BCUT2D eigenvalue weighted by molar-refractivity contribution is -0.159. The van der Waals surface area contributed by atoms with Crippen LogP contribution < -0.4 is 31.9 Å². The minimum absolute atomic E-state index is 0.263. The molecule has 0 aliphatic heterocycles. The predicted octanol–water partition coefficient (Wildman–Crippen LogP) is 4.15. The highest BCUT2D eigenvalue weighted by atomic mass is 33.1. The minimum atomic E-state index is -1.61. The molecule has 0 fully saturated rings. The van der Waals surface area contributed by atoms with Crippen molar-refractivity contribution in [1.29, 1.82) is 0 Å². The highest BCUT2D eigenvalue weighted by Gasteiger charge is 2.36. The van der Waals surface area contributed by atoms with E-state index in [2.05, 4.69) is 31.9 Å². The molecule has 0 saturated carbocycles. The van der Waals surface area contributed by atoms with E-state index in [1.54, 1.807) is 125 Å². The van der Waals surface area contributed by atoms with Crippen LogP contribution in [0.25, 0.3) is 0 Å². The van der Waals surface area contributed by atoms with Crippen LogP contribution in [0.5, 0.6) is 0 Å². The van der Waals surface area contributed by atoms with Gasteiger partial charge < -0.3 is 69.8 Å². The Labute approximate surface area is 477 Å². The van der Waals surface area contributed by atoms with E-state index in [0.29, 0.717) is 0 Å². The van der Waals surface area contributed by atoms with Gasteiger partial charge in [-0.2, -0.15) is 0 Å². The zero-order valence-electron chi connectivity index (χ0n) is 50.1. The molecule has 6 atom stereocenters. The summed E-state index contributed by atoms with van der Waals surface area (Å²) in [6.45, 7) is 29.5. The van der Waals surface area contributed by atoms with Crippen molar-refractivity contribution in [2.45, 2.75) is 234 Å². The standard InChI is InChI=1S/C52H88N6O20S2/c1-29(59)71-25-33(53-37(61)23-21-31(41(65)73-47(3,4)5)57-45(69)77-51(15,16)17)39(63)55-35(43(67)75-49(9,10)11)27-79-80-28-36(44(68)76-50(12,13)14)56-40(64)34(26-72-30(2)60)54-38(62)24-22-32(42(66)74-48(6,7)8)58-46(70)78-52(18,19)20/h31-36H,21-28H2,1-20H3,(H,53,61)(H,54,62)(H,55,63)(H,56,64)(H,57,69)(H,58,70)/t31-,32-,33-,34-,35-,36-/m0/s1. The first-order valence-corrected chi connectivity index (χ1v) is 28.2. The van der Waals surface area contributed by atoms with Gasteiger partial charge in [0.2, 0.25) is 23.6 Å². The lowest BCUT2D eigenvalue weighted by Crippen LogP contribution is -2.55. The average molecular weight is 1180 g/mol. The molecule has 0 bridgehead atoms. The summed E-state index contributed by atoms with van der Waals surface area (Å²) in [6, 6.07) is -8.88. The number of nitrogens with one attached hydrogen (secondary N) is 6. The summed E-state index contributed by atoms with van der Waals surface area (Å²) in [7, 11) is 1.88. The molecule has 0 rings (SSSR count). The summed E-state index contributed by atoms with van der Waals surface area (Å²) < 4.78 is 42.7. The Morgan fingerprint density at radius 3 is 0.825 bits per heavy atom. The molecule has 0 aliphatic rings. The molecule has 0 heterocycles. The number of esters is 6. The van der Waals surface area contributed by atoms with E-state index in [9.17, 15) is 57.5 Å². The number of carbonyl (C=O) groups is 12. The molecule has 28 heteroatoms. The fraction of sp³-hybridized carbons (Fsp3) is 0.769. The number of carbonyl (C=O) groups excluding carboxylic acids is 12. The maximum Gasteiger partial charge on any atom is 0.408 e. The molecular formula is C52H88N6O20S2. The van der Waals surface area contributed by atoms with Gasteiger partial charge in [0, 0.05) is 38.2 Å². The zero-order chi connectivity index (χ0) is 62.4. The van der Waals surface area contributed by atoms with Crippen LogP contribution in [0, 0.1) is 0 Å². The first kappa shape index (κ1) is 73.9. The number of alkyl carbamates (subject to hydrolysis) is 2. The van der Waals surface area contributed by atoms with Crippen molar-refractivity contribution < 1.29 is 95.4 Å². The minimum Gasteiger partial charge on any atom is -0.463 e. The molecule has 458 valence electrons. The van der Waals surface area contributed by atoms with E-state index < -0.39 is 168 Å². The van der Waals surface area contributed by atoms with Crippen LogP contribution >= 0.6 is 21.6 Å². The number of ether oxygens (including phenoxy) is 8. The van der Waals surface area contributed by atoms with E-state index in [0.717, 1.165) is 35.4 Å². The largest absolute Gasteiger partial charge is 0.463 e. The second kappa shape index (κ2) is 32.4. The lowest BCUT2D eigenvalue weighted by atomic mass is 10.1. The monoisotopic (exact) mass is 1180 g/mol. The van der Waals surface area contributed by atoms with Gasteiger partial charge in [-0.25, -0.2) is 28.8 Å². The predicted molar refractivity (Wildman–Crippen MR) is 294 cm³/mol. The van der Waals surface area contributed by atoms with Gasteiger partial charge in [-0.1, -0.05) is 21.6 Å². The molecule has 0 aromatic carbocycles. The van der Waals surface area contributed by atoms with Gasteiger partial charge >= 0.3 is 48.0 Å². The topological polar surface area (TPSA) is 351 Å². The van der Waals surface area contributed by atoms with Crippen LogP contribution in [0.4, 0.5) is 9.59 Å². The van der Waals surface area contributed by atoms with Crippen molar-refractivity contribution >= 4 is 93.2 Å². The molecule has 0 unspecified atom stereocenters. The molecule has 0 aromatic heterocycles. The quantitative estimate of drug-likeness (QED) is 0.0291. The van der Waals surface area contributed by atoms with Gasteiger partial charge in [0.1, 0.15) is 83.1 Å². The molecule has 6 N–H and O–H groups in total. The van der Waals surface area contributed by atoms with Crippen molar-refractivity contribution in [2.24, 2.45) is 0 Å². The van der Waals surface area contributed by atoms with Gasteiger partial charge in [-0.15, -0.1) is 0 Å². The number of hydrogen-bond donors (Lipinski definition) is 6. The zero-order valence-corrected chi connectivity index (χ0v) is 51.7. The van der Waals surface area contributed by atoms with E-state index in [4.69, 9.17) is 37.9 Å². The van der Waals surface area contributed by atoms with E-state index in [-0.39, 0.29) is 24.3 Å². The third-order valence-corrected chi connectivity index (χ3v) is 11.3. The Morgan fingerprint density at radius 2 is 0.588 bits per heavy atom. The summed E-state index contributed by atoms with van der Waals surface area (Å²) >= 11 is 0. The fourth-order valence-electron chi connectivity index (χ4n) is 5.85. The Hall–Kier alpha value is -6.06. The second-order valence-corrected chi connectivity index (χ2v) is 26.7. The second-order valence-electron chi connectivity index (χ2n) is 24.1. The number of rotatable bonds is 27. The van der Waals surface area contributed by atoms with E-state index in [1.807, 2.05) is 0 Å². The maximum atomic E-state index is 13.9. The molecular weight excluding hydrogens is 1090 g/mol. The summed E-state index contributed by atoms with van der Waals surface area (Å²) in [6.07, 6.45) is -3.50. The third kappa shape index (κ3) is 37.0. The van der Waals surface area contributed by atoms with Gasteiger partial charge in [0.25, 0.3) is 0 Å². The van der Waals surface area contributed by atoms with Gasteiger partial charge in [0.05, 0.1) is 0 Å². The summed E-state index contributed by atoms with van der Waals surface area (Å²) in [5, 5.41) is 14.7. The van der Waals surface area contributed by atoms with Gasteiger partial charge in [-0.05, 0) is 137 Å². The Morgan fingerprint density at radius 1 is 0.338 bits per heavy atom. The molecule has 0 radical (unpaired) electrons. The normalized spacial score (nSPS) is 14.3. The van der Waals surface area contributed by atoms with Crippen LogP contribution in [-0.4, -0.2) is 166 Å². The first-order chi connectivity index (χ1) is 36.1. The van der Waals surface area contributed by atoms with E-state index >= 15 is 0 Å². The maximum absolute atomic E-state index is 13.9. The smallest absolute Gasteiger partial charge is 0.408 e.